The molecule has 36 heavy (non-hydrogen) atoms. The Balaban J connectivity index is 0. The van der Waals surface area contributed by atoms with Gasteiger partial charge in [0.1, 0.15) is 0 Å². The average Bonchev–Trinajstić information content (AvgIpc) is 2.97. The molecule has 3 atom stereocenters. The fourth-order valence-corrected chi connectivity index (χ4v) is 4.25. The Morgan fingerprint density at radius 3 is 1.94 bits per heavy atom. The Morgan fingerprint density at radius 1 is 0.861 bits per heavy atom. The summed E-state index contributed by atoms with van der Waals surface area (Å²) in [6, 6.07) is 10.9. The van der Waals surface area contributed by atoms with Crippen molar-refractivity contribution in [3.05, 3.63) is 120 Å². The van der Waals surface area contributed by atoms with Gasteiger partial charge in [-0.3, -0.25) is 0 Å². The zero-order valence-corrected chi connectivity index (χ0v) is 25.2. The van der Waals surface area contributed by atoms with Crippen LogP contribution in [0.4, 0.5) is 0 Å². The monoisotopic (exact) mass is 488 g/mol. The molecule has 0 nitrogen and oxygen atoms in total. The van der Waals surface area contributed by atoms with E-state index in [-0.39, 0.29) is 5.92 Å². The van der Waals surface area contributed by atoms with E-state index < -0.39 is 0 Å². The van der Waals surface area contributed by atoms with Crippen LogP contribution >= 0.6 is 0 Å². The van der Waals surface area contributed by atoms with Gasteiger partial charge in [-0.2, -0.15) is 0 Å². The molecule has 0 radical (unpaired) electrons. The predicted octanol–water partition coefficient (Wildman–Crippen LogP) is 12.0. The van der Waals surface area contributed by atoms with Crippen molar-refractivity contribution >= 4 is 0 Å². The topological polar surface area (TPSA) is 0 Å². The third-order valence-electron chi connectivity index (χ3n) is 5.61. The summed E-state index contributed by atoms with van der Waals surface area (Å²) in [5, 5.41) is 0. The highest BCUT2D eigenvalue weighted by Crippen LogP contribution is 2.44. The fraction of sp³-hybridized carbons (Fsp3) is 0.444. The molecule has 3 unspecified atom stereocenters. The SMILES string of the molecule is C=C/C=C(\C=C/C)C(c1ccccc1)C(C1=CCCC=C1)C1=CCC(C)C=C1.CC.CC.CC.CC. The summed E-state index contributed by atoms with van der Waals surface area (Å²) in [5.74, 6) is 1.19. The van der Waals surface area contributed by atoms with Crippen LogP contribution in [0.15, 0.2) is 114 Å². The molecule has 0 aromatic heterocycles. The molecular weight excluding hydrogens is 432 g/mol. The number of rotatable bonds is 7. The van der Waals surface area contributed by atoms with Crippen LogP contribution in [0.1, 0.15) is 100.0 Å². The van der Waals surface area contributed by atoms with Gasteiger partial charge in [-0.25, -0.2) is 0 Å². The predicted molar refractivity (Wildman–Crippen MR) is 169 cm³/mol. The lowest BCUT2D eigenvalue weighted by atomic mass is 9.70. The van der Waals surface area contributed by atoms with Crippen LogP contribution in [0, 0.1) is 11.8 Å². The van der Waals surface area contributed by atoms with Crippen molar-refractivity contribution in [2.75, 3.05) is 0 Å². The molecule has 0 heterocycles. The van der Waals surface area contributed by atoms with E-state index in [1.54, 1.807) is 0 Å². The molecule has 2 aliphatic carbocycles. The molecule has 0 spiro atoms. The number of hydrogen-bond donors (Lipinski definition) is 0. The van der Waals surface area contributed by atoms with E-state index in [1.165, 1.54) is 22.3 Å². The van der Waals surface area contributed by atoms with E-state index >= 15 is 0 Å². The zero-order valence-electron chi connectivity index (χ0n) is 25.2. The maximum absolute atomic E-state index is 3.99. The molecule has 0 bridgehead atoms. The Morgan fingerprint density at radius 2 is 1.47 bits per heavy atom. The smallest absolute Gasteiger partial charge is 0.0198 e. The molecule has 1 aromatic rings. The minimum absolute atomic E-state index is 0.258. The van der Waals surface area contributed by atoms with Gasteiger partial charge in [0.05, 0.1) is 0 Å². The number of benzene rings is 1. The third-order valence-corrected chi connectivity index (χ3v) is 5.61. The molecule has 200 valence electrons. The summed E-state index contributed by atoms with van der Waals surface area (Å²) in [6.45, 7) is 24.4. The number of hydrogen-bond acceptors (Lipinski definition) is 0. The second-order valence-electron chi connectivity index (χ2n) is 7.73. The molecule has 0 aliphatic heterocycles. The second kappa shape index (κ2) is 24.1. The average molecular weight is 489 g/mol. The van der Waals surface area contributed by atoms with Crippen LogP contribution in [0.2, 0.25) is 0 Å². The van der Waals surface area contributed by atoms with Crippen LogP contribution in [-0.2, 0) is 0 Å². The lowest BCUT2D eigenvalue weighted by Crippen LogP contribution is -2.20. The van der Waals surface area contributed by atoms with Gasteiger partial charge in [-0.1, -0.05) is 160 Å². The van der Waals surface area contributed by atoms with Crippen molar-refractivity contribution in [2.45, 2.75) is 94.4 Å². The Hall–Kier alpha value is -2.60. The summed E-state index contributed by atoms with van der Waals surface area (Å²) < 4.78 is 0. The van der Waals surface area contributed by atoms with Crippen molar-refractivity contribution in [3.63, 3.8) is 0 Å². The quantitative estimate of drug-likeness (QED) is 0.335. The fourth-order valence-electron chi connectivity index (χ4n) is 4.25. The van der Waals surface area contributed by atoms with Crippen molar-refractivity contribution in [3.8, 4) is 0 Å². The van der Waals surface area contributed by atoms with E-state index in [2.05, 4.69) is 105 Å². The lowest BCUT2D eigenvalue weighted by molar-refractivity contribution is 0.615. The van der Waals surface area contributed by atoms with Crippen molar-refractivity contribution in [2.24, 2.45) is 11.8 Å². The first kappa shape index (κ1) is 35.6. The number of allylic oxidation sites excluding steroid dienone is 13. The standard InChI is InChI=1S/C28H32.4C2H6/c1-4-12-23(13-5-2)27(24-14-8-6-9-15-24)28(25-16-10-7-11-17-25)26-20-18-22(3)19-21-26;4*1-2/h4-6,8-10,12-18,20-22,27-28H,1,7,11,19H2,2-3H3;4*1-2H3/b13-5-,23-12+;;;;. The van der Waals surface area contributed by atoms with Crippen LogP contribution in [0.3, 0.4) is 0 Å². The van der Waals surface area contributed by atoms with E-state index in [0.29, 0.717) is 11.8 Å². The second-order valence-corrected chi connectivity index (χ2v) is 7.73. The van der Waals surface area contributed by atoms with E-state index in [1.807, 2.05) is 61.5 Å². The van der Waals surface area contributed by atoms with Crippen molar-refractivity contribution < 1.29 is 0 Å². The van der Waals surface area contributed by atoms with Gasteiger partial charge < -0.3 is 0 Å². The van der Waals surface area contributed by atoms with E-state index in [4.69, 9.17) is 0 Å². The first-order chi connectivity index (χ1) is 17.7. The molecule has 0 saturated carbocycles. The molecule has 1 aromatic carbocycles. The van der Waals surface area contributed by atoms with Crippen LogP contribution in [0.5, 0.6) is 0 Å². The van der Waals surface area contributed by atoms with Gasteiger partial charge >= 0.3 is 0 Å². The summed E-state index contributed by atoms with van der Waals surface area (Å²) in [5.41, 5.74) is 5.53. The zero-order chi connectivity index (χ0) is 27.8. The normalized spacial score (nSPS) is 17.7. The van der Waals surface area contributed by atoms with Gasteiger partial charge in [0.25, 0.3) is 0 Å². The maximum atomic E-state index is 3.99. The molecule has 0 fully saturated rings. The van der Waals surface area contributed by atoms with Gasteiger partial charge in [0, 0.05) is 11.8 Å². The molecular formula is C36H56. The first-order valence-corrected chi connectivity index (χ1v) is 14.5. The Labute approximate surface area is 226 Å². The highest BCUT2D eigenvalue weighted by molar-refractivity contribution is 5.48. The highest BCUT2D eigenvalue weighted by atomic mass is 14.3. The van der Waals surface area contributed by atoms with Gasteiger partial charge in [0.15, 0.2) is 0 Å². The summed E-state index contributed by atoms with van der Waals surface area (Å²) in [6.07, 6.45) is 26.1. The van der Waals surface area contributed by atoms with Crippen LogP contribution in [0.25, 0.3) is 0 Å². The summed E-state index contributed by atoms with van der Waals surface area (Å²) >= 11 is 0. The summed E-state index contributed by atoms with van der Waals surface area (Å²) in [4.78, 5) is 0. The van der Waals surface area contributed by atoms with Gasteiger partial charge in [-0.15, -0.1) is 0 Å². The molecule has 0 N–H and O–H groups in total. The maximum Gasteiger partial charge on any atom is 0.0198 e. The Bertz CT molecular complexity index is 839. The minimum Gasteiger partial charge on any atom is -0.0991 e. The molecule has 2 aliphatic rings. The van der Waals surface area contributed by atoms with Crippen molar-refractivity contribution in [1.29, 1.82) is 0 Å². The Kier molecular flexibility index (Phi) is 23.8. The van der Waals surface area contributed by atoms with E-state index in [9.17, 15) is 0 Å². The van der Waals surface area contributed by atoms with Crippen LogP contribution < -0.4 is 0 Å². The third kappa shape index (κ3) is 11.9. The van der Waals surface area contributed by atoms with Gasteiger partial charge in [0.2, 0.25) is 0 Å². The van der Waals surface area contributed by atoms with E-state index in [0.717, 1.165) is 19.3 Å². The summed E-state index contributed by atoms with van der Waals surface area (Å²) in [7, 11) is 0. The highest BCUT2D eigenvalue weighted by Gasteiger charge is 2.30. The largest absolute Gasteiger partial charge is 0.0991 e. The molecule has 0 heteroatoms. The molecule has 0 amide bonds. The molecule has 3 rings (SSSR count). The van der Waals surface area contributed by atoms with Gasteiger partial charge in [-0.05, 0) is 54.4 Å². The van der Waals surface area contributed by atoms with Crippen molar-refractivity contribution in [1.82, 2.24) is 0 Å². The molecule has 0 saturated heterocycles. The minimum atomic E-state index is 0.258. The van der Waals surface area contributed by atoms with Crippen LogP contribution in [-0.4, -0.2) is 0 Å². The lowest BCUT2D eigenvalue weighted by Gasteiger charge is -2.33. The first-order valence-electron chi connectivity index (χ1n) is 14.5.